The highest BCUT2D eigenvalue weighted by Gasteiger charge is 2.09. The number of hydrogen-bond donors (Lipinski definition) is 3. The van der Waals surface area contributed by atoms with Crippen LogP contribution in [0.25, 0.3) is 0 Å². The Hall–Kier alpha value is -4.69. The minimum atomic E-state index is -0.464. The summed E-state index contributed by atoms with van der Waals surface area (Å²) in [5.41, 5.74) is 6.72. The topological polar surface area (TPSA) is 105 Å². The number of carbonyl (C=O) groups is 2. The molecule has 0 aliphatic carbocycles. The van der Waals surface area contributed by atoms with Gasteiger partial charge in [-0.05, 0) is 67.4 Å². The van der Waals surface area contributed by atoms with Gasteiger partial charge in [0.2, 0.25) is 0 Å². The van der Waals surface area contributed by atoms with E-state index in [-0.39, 0.29) is 5.69 Å². The lowest BCUT2D eigenvalue weighted by molar-refractivity contribution is 0.0950. The molecule has 0 bridgehead atoms. The van der Waals surface area contributed by atoms with E-state index >= 15 is 0 Å². The minimum Gasteiger partial charge on any atom is -0.457 e. The first kappa shape index (κ1) is 25.4. The molecule has 4 aromatic rings. The zero-order valence-corrected chi connectivity index (χ0v) is 20.9. The van der Waals surface area contributed by atoms with Crippen LogP contribution >= 0.6 is 11.6 Å². The van der Waals surface area contributed by atoms with Crippen LogP contribution in [0.4, 0.5) is 16.2 Å². The Morgan fingerprint density at radius 2 is 1.57 bits per heavy atom. The van der Waals surface area contributed by atoms with Crippen molar-refractivity contribution >= 4 is 41.1 Å². The van der Waals surface area contributed by atoms with Crippen LogP contribution in [0, 0.1) is 13.8 Å². The molecule has 0 saturated carbocycles. The number of urea groups is 1. The molecule has 0 unspecified atom stereocenters. The lowest BCUT2D eigenvalue weighted by Crippen LogP contribution is -2.19. The first-order valence-electron chi connectivity index (χ1n) is 11.3. The predicted molar refractivity (Wildman–Crippen MR) is 146 cm³/mol. The van der Waals surface area contributed by atoms with E-state index in [0.717, 1.165) is 16.7 Å². The van der Waals surface area contributed by atoms with Crippen molar-refractivity contribution in [1.29, 1.82) is 0 Å². The first-order valence-corrected chi connectivity index (χ1v) is 11.7. The van der Waals surface area contributed by atoms with Crippen LogP contribution in [0.15, 0.2) is 90.2 Å². The fourth-order valence-electron chi connectivity index (χ4n) is 3.18. The number of nitrogens with zero attached hydrogens (tertiary/aromatic N) is 2. The van der Waals surface area contributed by atoms with Gasteiger partial charge in [-0.15, -0.1) is 0 Å². The molecule has 9 heteroatoms. The second kappa shape index (κ2) is 11.8. The lowest BCUT2D eigenvalue weighted by atomic mass is 10.2. The Morgan fingerprint density at radius 3 is 2.30 bits per heavy atom. The van der Waals surface area contributed by atoms with Gasteiger partial charge in [-0.25, -0.2) is 10.2 Å². The monoisotopic (exact) mass is 513 g/mol. The Balaban J connectivity index is 1.31. The number of carbonyl (C=O) groups excluding carboxylic acids is 2. The van der Waals surface area contributed by atoms with Crippen molar-refractivity contribution < 1.29 is 14.3 Å². The van der Waals surface area contributed by atoms with Crippen LogP contribution in [0.3, 0.4) is 0 Å². The fourth-order valence-corrected chi connectivity index (χ4v) is 3.36. The normalized spacial score (nSPS) is 10.7. The standard InChI is InChI=1S/C28H24ClN5O3/c1-18-3-6-20(7-4-18)17-31-34-27(35)26-16-24(13-14-30-26)37-23-11-9-21(10-12-23)32-28(36)33-22-8-5-19(2)25(29)15-22/h3-17H,1-2H3,(H,34,35)(H2,32,33,36)/b31-17+. The maximum absolute atomic E-state index is 12.4. The maximum Gasteiger partial charge on any atom is 0.323 e. The average Bonchev–Trinajstić information content (AvgIpc) is 2.89. The number of pyridine rings is 1. The summed E-state index contributed by atoms with van der Waals surface area (Å²) in [5, 5.41) is 10.0. The van der Waals surface area contributed by atoms with E-state index in [1.54, 1.807) is 48.7 Å². The molecular weight excluding hydrogens is 490 g/mol. The second-order valence-corrected chi connectivity index (χ2v) is 8.56. The molecule has 1 aromatic heterocycles. The number of hydrogen-bond acceptors (Lipinski definition) is 5. The molecule has 0 fully saturated rings. The Morgan fingerprint density at radius 1 is 0.865 bits per heavy atom. The number of aromatic nitrogens is 1. The van der Waals surface area contributed by atoms with Gasteiger partial charge in [0.15, 0.2) is 0 Å². The van der Waals surface area contributed by atoms with Gasteiger partial charge in [0.1, 0.15) is 17.2 Å². The molecule has 37 heavy (non-hydrogen) atoms. The summed E-state index contributed by atoms with van der Waals surface area (Å²) in [4.78, 5) is 28.8. The van der Waals surface area contributed by atoms with Gasteiger partial charge in [-0.1, -0.05) is 47.5 Å². The average molecular weight is 514 g/mol. The van der Waals surface area contributed by atoms with E-state index < -0.39 is 11.9 Å². The Kier molecular flexibility index (Phi) is 8.12. The van der Waals surface area contributed by atoms with Crippen molar-refractivity contribution in [3.8, 4) is 11.5 Å². The SMILES string of the molecule is Cc1ccc(/C=N/NC(=O)c2cc(Oc3ccc(NC(=O)Nc4ccc(C)c(Cl)c4)cc3)ccn2)cc1. The van der Waals surface area contributed by atoms with Gasteiger partial charge >= 0.3 is 6.03 Å². The molecule has 3 amide bonds. The molecule has 0 aliphatic rings. The summed E-state index contributed by atoms with van der Waals surface area (Å²) in [7, 11) is 0. The molecule has 0 atom stereocenters. The quantitative estimate of drug-likeness (QED) is 0.192. The van der Waals surface area contributed by atoms with E-state index in [2.05, 4.69) is 26.1 Å². The lowest BCUT2D eigenvalue weighted by Gasteiger charge is -2.10. The molecule has 0 saturated heterocycles. The molecule has 1 heterocycles. The van der Waals surface area contributed by atoms with Crippen molar-refractivity contribution in [3.63, 3.8) is 0 Å². The highest BCUT2D eigenvalue weighted by Crippen LogP contribution is 2.24. The van der Waals surface area contributed by atoms with Crippen LogP contribution in [0.2, 0.25) is 5.02 Å². The number of aryl methyl sites for hydroxylation is 2. The number of hydrazone groups is 1. The number of ether oxygens (including phenoxy) is 1. The molecule has 3 aromatic carbocycles. The zero-order chi connectivity index (χ0) is 26.2. The molecule has 0 aliphatic heterocycles. The highest BCUT2D eigenvalue weighted by atomic mass is 35.5. The third-order valence-electron chi connectivity index (χ3n) is 5.20. The second-order valence-electron chi connectivity index (χ2n) is 8.16. The third kappa shape index (κ3) is 7.39. The Bertz CT molecular complexity index is 1440. The van der Waals surface area contributed by atoms with E-state index in [9.17, 15) is 9.59 Å². The van der Waals surface area contributed by atoms with Crippen LogP contribution < -0.4 is 20.8 Å². The number of benzene rings is 3. The maximum atomic E-state index is 12.4. The smallest absolute Gasteiger partial charge is 0.323 e. The van der Waals surface area contributed by atoms with Crippen LogP contribution in [0.1, 0.15) is 27.2 Å². The van der Waals surface area contributed by atoms with E-state index in [1.165, 1.54) is 12.3 Å². The summed E-state index contributed by atoms with van der Waals surface area (Å²) in [5.74, 6) is 0.484. The highest BCUT2D eigenvalue weighted by molar-refractivity contribution is 6.31. The van der Waals surface area contributed by atoms with Gasteiger partial charge in [-0.3, -0.25) is 9.78 Å². The van der Waals surface area contributed by atoms with Crippen molar-refractivity contribution in [2.45, 2.75) is 13.8 Å². The van der Waals surface area contributed by atoms with Gasteiger partial charge in [0.05, 0.1) is 6.21 Å². The number of halogens is 1. The van der Waals surface area contributed by atoms with E-state index in [0.29, 0.717) is 27.9 Å². The van der Waals surface area contributed by atoms with Gasteiger partial charge < -0.3 is 15.4 Å². The first-order chi connectivity index (χ1) is 17.9. The molecule has 4 rings (SSSR count). The predicted octanol–water partition coefficient (Wildman–Crippen LogP) is 6.55. The summed E-state index contributed by atoms with van der Waals surface area (Å²) < 4.78 is 5.83. The number of rotatable bonds is 7. The molecule has 0 spiro atoms. The zero-order valence-electron chi connectivity index (χ0n) is 20.2. The summed E-state index contributed by atoms with van der Waals surface area (Å²) in [6.45, 7) is 3.89. The van der Waals surface area contributed by atoms with Crippen molar-refractivity contribution in [2.75, 3.05) is 10.6 Å². The molecule has 3 N–H and O–H groups in total. The summed E-state index contributed by atoms with van der Waals surface area (Å²) in [6, 6.07) is 22.6. The summed E-state index contributed by atoms with van der Waals surface area (Å²) in [6.07, 6.45) is 3.04. The van der Waals surface area contributed by atoms with Crippen molar-refractivity contribution in [2.24, 2.45) is 5.10 Å². The Labute approximate surface area is 219 Å². The van der Waals surface area contributed by atoms with Crippen LogP contribution in [0.5, 0.6) is 11.5 Å². The molecular formula is C28H24ClN5O3. The van der Waals surface area contributed by atoms with Crippen molar-refractivity contribution in [1.82, 2.24) is 10.4 Å². The summed E-state index contributed by atoms with van der Waals surface area (Å²) >= 11 is 6.10. The fraction of sp³-hybridized carbons (Fsp3) is 0.0714. The number of nitrogens with one attached hydrogen (secondary N) is 3. The van der Waals surface area contributed by atoms with Crippen molar-refractivity contribution in [3.05, 3.63) is 112 Å². The van der Waals surface area contributed by atoms with E-state index in [1.807, 2.05) is 44.2 Å². The largest absolute Gasteiger partial charge is 0.457 e. The molecule has 0 radical (unpaired) electrons. The van der Waals surface area contributed by atoms with E-state index in [4.69, 9.17) is 16.3 Å². The third-order valence-corrected chi connectivity index (χ3v) is 5.61. The molecule has 186 valence electrons. The number of anilines is 2. The van der Waals surface area contributed by atoms with Gasteiger partial charge in [0.25, 0.3) is 5.91 Å². The number of amides is 3. The van der Waals surface area contributed by atoms with Gasteiger partial charge in [-0.2, -0.15) is 5.10 Å². The van der Waals surface area contributed by atoms with Gasteiger partial charge in [0, 0.05) is 28.7 Å². The van der Waals surface area contributed by atoms with Crippen LogP contribution in [-0.4, -0.2) is 23.1 Å². The molecule has 8 nitrogen and oxygen atoms in total. The van der Waals surface area contributed by atoms with Crippen LogP contribution in [-0.2, 0) is 0 Å². The minimum absolute atomic E-state index is 0.157.